The first kappa shape index (κ1) is 12.3. The van der Waals surface area contributed by atoms with Crippen LogP contribution in [0.4, 0.5) is 10.5 Å². The van der Waals surface area contributed by atoms with Crippen molar-refractivity contribution in [2.24, 2.45) is 0 Å². The van der Waals surface area contributed by atoms with Gasteiger partial charge in [-0.25, -0.2) is 4.79 Å². The molecule has 102 valence electrons. The lowest BCUT2D eigenvalue weighted by atomic mass is 9.76. The maximum atomic E-state index is 12.0. The van der Waals surface area contributed by atoms with E-state index >= 15 is 0 Å². The lowest BCUT2D eigenvalue weighted by Crippen LogP contribution is -2.62. The fraction of sp³-hybridized carbons (Fsp3) is 0.571. The predicted octanol–water partition coefficient (Wildman–Crippen LogP) is 2.00. The van der Waals surface area contributed by atoms with Crippen LogP contribution in [0.5, 0.6) is 0 Å². The van der Waals surface area contributed by atoms with Crippen molar-refractivity contribution < 1.29 is 9.53 Å². The number of aromatic nitrogens is 1. The van der Waals surface area contributed by atoms with E-state index in [4.69, 9.17) is 4.74 Å². The first-order valence-electron chi connectivity index (χ1n) is 6.56. The number of carbonyl (C=O) groups is 1. The normalized spacial score (nSPS) is 19.6. The zero-order valence-electron chi connectivity index (χ0n) is 11.6. The largest absolute Gasteiger partial charge is 0.444 e. The average molecular weight is 261 g/mol. The molecule has 5 heteroatoms. The molecule has 2 aliphatic rings. The van der Waals surface area contributed by atoms with Gasteiger partial charge in [-0.05, 0) is 32.4 Å². The minimum absolute atomic E-state index is 0.0508. The number of nitrogens with one attached hydrogen (secondary N) is 1. The first-order chi connectivity index (χ1) is 8.90. The van der Waals surface area contributed by atoms with E-state index in [1.807, 2.05) is 39.2 Å². The quantitative estimate of drug-likeness (QED) is 0.776. The van der Waals surface area contributed by atoms with E-state index in [0.29, 0.717) is 13.1 Å². The fourth-order valence-electron chi connectivity index (χ4n) is 2.78. The maximum Gasteiger partial charge on any atom is 0.410 e. The van der Waals surface area contributed by atoms with Gasteiger partial charge in [0.1, 0.15) is 5.60 Å². The van der Waals surface area contributed by atoms with Gasteiger partial charge in [-0.2, -0.15) is 0 Å². The van der Waals surface area contributed by atoms with Gasteiger partial charge < -0.3 is 15.0 Å². The van der Waals surface area contributed by atoms with Crippen LogP contribution in [0.15, 0.2) is 18.5 Å². The van der Waals surface area contributed by atoms with Gasteiger partial charge in [0.25, 0.3) is 0 Å². The molecular formula is C14H19N3O2. The fourth-order valence-corrected chi connectivity index (χ4v) is 2.78. The standard InChI is InChI=1S/C14H19N3O2/c1-13(2,3)19-12(18)17-8-14(9-17)7-16-11-6-15-5-4-10(11)14/h4-6,16H,7-9H2,1-3H3. The predicted molar refractivity (Wildman–Crippen MR) is 72.2 cm³/mol. The van der Waals surface area contributed by atoms with Gasteiger partial charge in [0, 0.05) is 25.8 Å². The Kier molecular flexibility index (Phi) is 2.49. The van der Waals surface area contributed by atoms with Crippen LogP contribution in [0.2, 0.25) is 0 Å². The average Bonchev–Trinajstić information content (AvgIpc) is 2.64. The van der Waals surface area contributed by atoms with Crippen molar-refractivity contribution in [3.8, 4) is 0 Å². The zero-order chi connectivity index (χ0) is 13.7. The van der Waals surface area contributed by atoms with Crippen molar-refractivity contribution in [2.45, 2.75) is 31.8 Å². The molecule has 0 radical (unpaired) electrons. The second-order valence-electron chi connectivity index (χ2n) is 6.39. The van der Waals surface area contributed by atoms with E-state index < -0.39 is 5.60 Å². The number of hydrogen-bond acceptors (Lipinski definition) is 4. The summed E-state index contributed by atoms with van der Waals surface area (Å²) in [6.45, 7) is 7.96. The summed E-state index contributed by atoms with van der Waals surface area (Å²) < 4.78 is 5.39. The number of hydrogen-bond donors (Lipinski definition) is 1. The number of nitrogens with zero attached hydrogens (tertiary/aromatic N) is 2. The number of rotatable bonds is 0. The van der Waals surface area contributed by atoms with Gasteiger partial charge in [0.2, 0.25) is 0 Å². The van der Waals surface area contributed by atoms with Crippen LogP contribution >= 0.6 is 0 Å². The molecule has 1 saturated heterocycles. The highest BCUT2D eigenvalue weighted by molar-refractivity contribution is 5.72. The molecule has 0 aromatic carbocycles. The molecule has 0 unspecified atom stereocenters. The van der Waals surface area contributed by atoms with Crippen LogP contribution in [-0.2, 0) is 10.2 Å². The Hall–Kier alpha value is -1.78. The zero-order valence-corrected chi connectivity index (χ0v) is 11.6. The highest BCUT2D eigenvalue weighted by Crippen LogP contribution is 2.43. The summed E-state index contributed by atoms with van der Waals surface area (Å²) in [5, 5.41) is 3.36. The molecule has 1 amide bonds. The summed E-state index contributed by atoms with van der Waals surface area (Å²) in [5.74, 6) is 0. The Balaban J connectivity index is 1.69. The lowest BCUT2D eigenvalue weighted by Gasteiger charge is -2.47. The second-order valence-corrected chi connectivity index (χ2v) is 6.39. The SMILES string of the molecule is CC(C)(C)OC(=O)N1CC2(CNc3cnccc32)C1. The third kappa shape index (κ3) is 2.03. The van der Waals surface area contributed by atoms with Crippen LogP contribution in [0, 0.1) is 0 Å². The Morgan fingerprint density at radius 1 is 1.47 bits per heavy atom. The molecule has 1 N–H and O–H groups in total. The van der Waals surface area contributed by atoms with E-state index in [2.05, 4.69) is 10.3 Å². The molecule has 0 saturated carbocycles. The van der Waals surface area contributed by atoms with Gasteiger partial charge in [0.05, 0.1) is 17.3 Å². The molecule has 1 aromatic heterocycles. The molecule has 0 atom stereocenters. The molecule has 0 bridgehead atoms. The molecule has 1 fully saturated rings. The Bertz CT molecular complexity index is 516. The molecule has 1 aromatic rings. The number of ether oxygens (including phenoxy) is 1. The van der Waals surface area contributed by atoms with Crippen molar-refractivity contribution in [3.05, 3.63) is 24.0 Å². The highest BCUT2D eigenvalue weighted by Gasteiger charge is 2.51. The topological polar surface area (TPSA) is 54.5 Å². The number of anilines is 1. The Labute approximate surface area is 113 Å². The summed E-state index contributed by atoms with van der Waals surface area (Å²) >= 11 is 0. The first-order valence-corrected chi connectivity index (χ1v) is 6.56. The molecule has 1 spiro atoms. The monoisotopic (exact) mass is 261 g/mol. The van der Waals surface area contributed by atoms with E-state index in [0.717, 1.165) is 12.2 Å². The molecule has 3 heterocycles. The summed E-state index contributed by atoms with van der Waals surface area (Å²) in [6, 6.07) is 2.04. The van der Waals surface area contributed by atoms with Crippen molar-refractivity contribution in [1.82, 2.24) is 9.88 Å². The Morgan fingerprint density at radius 2 is 2.21 bits per heavy atom. The van der Waals surface area contributed by atoms with Gasteiger partial charge in [-0.15, -0.1) is 0 Å². The van der Waals surface area contributed by atoms with Gasteiger partial charge in [-0.1, -0.05) is 0 Å². The van der Waals surface area contributed by atoms with Crippen LogP contribution < -0.4 is 5.32 Å². The molecule has 19 heavy (non-hydrogen) atoms. The van der Waals surface area contributed by atoms with Gasteiger partial charge in [0.15, 0.2) is 0 Å². The molecule has 5 nitrogen and oxygen atoms in total. The van der Waals surface area contributed by atoms with Crippen LogP contribution in [0.3, 0.4) is 0 Å². The van der Waals surface area contributed by atoms with E-state index in [1.54, 1.807) is 4.90 Å². The van der Waals surface area contributed by atoms with E-state index in [-0.39, 0.29) is 11.5 Å². The molecule has 0 aliphatic carbocycles. The Morgan fingerprint density at radius 3 is 2.89 bits per heavy atom. The third-order valence-corrected chi connectivity index (χ3v) is 3.65. The van der Waals surface area contributed by atoms with Crippen LogP contribution in [-0.4, -0.2) is 41.2 Å². The third-order valence-electron chi connectivity index (χ3n) is 3.65. The summed E-state index contributed by atoms with van der Waals surface area (Å²) in [7, 11) is 0. The molecule has 3 rings (SSSR count). The number of likely N-dealkylation sites (tertiary alicyclic amines) is 1. The van der Waals surface area contributed by atoms with Gasteiger partial charge in [-0.3, -0.25) is 4.98 Å². The number of fused-ring (bicyclic) bond motifs is 2. The maximum absolute atomic E-state index is 12.0. The van der Waals surface area contributed by atoms with Crippen LogP contribution in [0.1, 0.15) is 26.3 Å². The number of pyridine rings is 1. The lowest BCUT2D eigenvalue weighted by molar-refractivity contribution is -0.00628. The number of amides is 1. The molecule has 2 aliphatic heterocycles. The number of carbonyl (C=O) groups excluding carboxylic acids is 1. The van der Waals surface area contributed by atoms with Crippen molar-refractivity contribution >= 4 is 11.8 Å². The van der Waals surface area contributed by atoms with Crippen LogP contribution in [0.25, 0.3) is 0 Å². The van der Waals surface area contributed by atoms with Crippen molar-refractivity contribution in [3.63, 3.8) is 0 Å². The smallest absolute Gasteiger partial charge is 0.410 e. The minimum atomic E-state index is -0.435. The van der Waals surface area contributed by atoms with Crippen molar-refractivity contribution in [2.75, 3.05) is 25.0 Å². The summed E-state index contributed by atoms with van der Waals surface area (Å²) in [4.78, 5) is 17.8. The minimum Gasteiger partial charge on any atom is -0.444 e. The second kappa shape index (κ2) is 3.85. The van der Waals surface area contributed by atoms with Crippen molar-refractivity contribution in [1.29, 1.82) is 0 Å². The van der Waals surface area contributed by atoms with Gasteiger partial charge >= 0.3 is 6.09 Å². The molecular weight excluding hydrogens is 242 g/mol. The summed E-state index contributed by atoms with van der Waals surface area (Å²) in [6.07, 6.45) is 3.44. The summed E-state index contributed by atoms with van der Waals surface area (Å²) in [5.41, 5.74) is 1.97. The highest BCUT2D eigenvalue weighted by atomic mass is 16.6. The van der Waals surface area contributed by atoms with E-state index in [1.165, 1.54) is 5.56 Å². The van der Waals surface area contributed by atoms with E-state index in [9.17, 15) is 4.79 Å².